The number of rotatable bonds is 7. The Kier molecular flexibility index (Phi) is 6.88. The lowest BCUT2D eigenvalue weighted by Crippen LogP contribution is -2.30. The molecule has 1 unspecified atom stereocenters. The maximum Gasteiger partial charge on any atom is 0.251 e. The zero-order valence-electron chi connectivity index (χ0n) is 13.0. The number of benzene rings is 1. The largest absolute Gasteiger partial charge is 0.350 e. The van der Waals surface area contributed by atoms with E-state index in [0.717, 1.165) is 12.8 Å². The van der Waals surface area contributed by atoms with Crippen LogP contribution in [0, 0.1) is 5.92 Å². The van der Waals surface area contributed by atoms with Crippen molar-refractivity contribution in [2.75, 3.05) is 11.9 Å². The Morgan fingerprint density at radius 3 is 2.29 bits per heavy atom. The van der Waals surface area contributed by atoms with Crippen molar-refractivity contribution in [1.29, 1.82) is 0 Å². The van der Waals surface area contributed by atoms with Crippen molar-refractivity contribution in [2.24, 2.45) is 11.7 Å². The van der Waals surface area contributed by atoms with Gasteiger partial charge in [-0.15, -0.1) is 0 Å². The van der Waals surface area contributed by atoms with Crippen LogP contribution in [0.1, 0.15) is 44.0 Å². The molecule has 4 N–H and O–H groups in total. The molecule has 0 spiro atoms. The van der Waals surface area contributed by atoms with E-state index in [2.05, 4.69) is 10.6 Å². The zero-order chi connectivity index (χ0) is 15.8. The molecule has 0 aliphatic carbocycles. The topological polar surface area (TPSA) is 84.2 Å². The Bertz CT molecular complexity index is 469. The highest BCUT2D eigenvalue weighted by atomic mass is 16.2. The summed E-state index contributed by atoms with van der Waals surface area (Å²) in [6.07, 6.45) is 1.61. The van der Waals surface area contributed by atoms with Crippen molar-refractivity contribution >= 4 is 17.5 Å². The fourth-order valence-electron chi connectivity index (χ4n) is 1.87. The molecule has 1 rings (SSSR count). The summed E-state index contributed by atoms with van der Waals surface area (Å²) in [5.41, 5.74) is 6.72. The van der Waals surface area contributed by atoms with Crippen LogP contribution in [0.4, 0.5) is 5.69 Å². The average molecular weight is 291 g/mol. The lowest BCUT2D eigenvalue weighted by Gasteiger charge is -2.12. The van der Waals surface area contributed by atoms with Crippen molar-refractivity contribution in [3.63, 3.8) is 0 Å². The summed E-state index contributed by atoms with van der Waals surface area (Å²) in [7, 11) is 0. The van der Waals surface area contributed by atoms with E-state index in [-0.39, 0.29) is 23.8 Å². The van der Waals surface area contributed by atoms with Gasteiger partial charge in [0, 0.05) is 23.2 Å². The minimum atomic E-state index is -0.112. The molecule has 1 aromatic rings. The molecule has 1 atom stereocenters. The number of amides is 2. The summed E-state index contributed by atoms with van der Waals surface area (Å²) in [5.74, 6) is -0.209. The third kappa shape index (κ3) is 5.95. The van der Waals surface area contributed by atoms with Gasteiger partial charge in [-0.2, -0.15) is 0 Å². The fraction of sp³-hybridized carbons (Fsp3) is 0.500. The lowest BCUT2D eigenvalue weighted by molar-refractivity contribution is -0.119. The molecule has 1 aromatic carbocycles. The van der Waals surface area contributed by atoms with Crippen LogP contribution in [0.5, 0.6) is 0 Å². The maximum absolute atomic E-state index is 12.0. The predicted molar refractivity (Wildman–Crippen MR) is 85.1 cm³/mol. The Morgan fingerprint density at radius 1 is 1.14 bits per heavy atom. The van der Waals surface area contributed by atoms with Crippen molar-refractivity contribution in [2.45, 2.75) is 39.7 Å². The molecule has 0 fully saturated rings. The molecule has 0 heterocycles. The average Bonchev–Trinajstić information content (AvgIpc) is 2.44. The van der Waals surface area contributed by atoms with Gasteiger partial charge in [-0.05, 0) is 57.5 Å². The Morgan fingerprint density at radius 2 is 1.76 bits per heavy atom. The first kappa shape index (κ1) is 17.2. The highest BCUT2D eigenvalue weighted by molar-refractivity contribution is 5.96. The van der Waals surface area contributed by atoms with Crippen molar-refractivity contribution in [1.82, 2.24) is 5.32 Å². The summed E-state index contributed by atoms with van der Waals surface area (Å²) in [5, 5.41) is 5.67. The van der Waals surface area contributed by atoms with Crippen LogP contribution in [0.25, 0.3) is 0 Å². The van der Waals surface area contributed by atoms with Gasteiger partial charge in [0.05, 0.1) is 0 Å². The first-order valence-electron chi connectivity index (χ1n) is 7.36. The highest BCUT2D eigenvalue weighted by Gasteiger charge is 2.13. The third-order valence-corrected chi connectivity index (χ3v) is 3.12. The Labute approximate surface area is 126 Å². The van der Waals surface area contributed by atoms with E-state index in [9.17, 15) is 9.59 Å². The number of nitrogens with one attached hydrogen (secondary N) is 2. The van der Waals surface area contributed by atoms with E-state index in [1.807, 2.05) is 20.8 Å². The van der Waals surface area contributed by atoms with Crippen molar-refractivity contribution in [3.05, 3.63) is 29.8 Å². The number of carbonyl (C=O) groups excluding carboxylic acids is 2. The quantitative estimate of drug-likeness (QED) is 0.719. The van der Waals surface area contributed by atoms with E-state index in [1.54, 1.807) is 24.3 Å². The first-order chi connectivity index (χ1) is 9.93. The molecule has 116 valence electrons. The van der Waals surface area contributed by atoms with Crippen molar-refractivity contribution in [3.8, 4) is 0 Å². The molecule has 0 bridgehead atoms. The van der Waals surface area contributed by atoms with E-state index >= 15 is 0 Å². The third-order valence-electron chi connectivity index (χ3n) is 3.12. The molecule has 0 radical (unpaired) electrons. The standard InChI is InChI=1S/C16H25N3O2/c1-11(2)18-16(21)13-6-8-14(9-7-13)19-15(20)12(3)5-4-10-17/h6-9,11-12H,4-5,10,17H2,1-3H3,(H,18,21)(H,19,20). The molecule has 0 saturated heterocycles. The van der Waals surface area contributed by atoms with Gasteiger partial charge < -0.3 is 16.4 Å². The second-order valence-electron chi connectivity index (χ2n) is 5.53. The van der Waals surface area contributed by atoms with Crippen LogP contribution < -0.4 is 16.4 Å². The summed E-state index contributed by atoms with van der Waals surface area (Å²) in [6.45, 7) is 6.30. The SMILES string of the molecule is CC(C)NC(=O)c1ccc(NC(=O)C(C)CCCN)cc1. The minimum absolute atomic E-state index is 0.0252. The van der Waals surface area contributed by atoms with E-state index < -0.39 is 0 Å². The molecule has 5 heteroatoms. The van der Waals surface area contributed by atoms with Crippen molar-refractivity contribution < 1.29 is 9.59 Å². The lowest BCUT2D eigenvalue weighted by atomic mass is 10.0. The molecule has 5 nitrogen and oxygen atoms in total. The second kappa shape index (κ2) is 8.42. The zero-order valence-corrected chi connectivity index (χ0v) is 13.0. The van der Waals surface area contributed by atoms with E-state index in [0.29, 0.717) is 17.8 Å². The van der Waals surface area contributed by atoms with Crippen LogP contribution in [-0.4, -0.2) is 24.4 Å². The van der Waals surface area contributed by atoms with E-state index in [4.69, 9.17) is 5.73 Å². The molecule has 21 heavy (non-hydrogen) atoms. The number of hydrogen-bond donors (Lipinski definition) is 3. The first-order valence-corrected chi connectivity index (χ1v) is 7.36. The molecule has 2 amide bonds. The van der Waals surface area contributed by atoms with Gasteiger partial charge >= 0.3 is 0 Å². The molecule has 0 aliphatic rings. The van der Waals surface area contributed by atoms with Gasteiger partial charge in [-0.3, -0.25) is 9.59 Å². The predicted octanol–water partition coefficient (Wildman–Crippen LogP) is 2.14. The van der Waals surface area contributed by atoms with Gasteiger partial charge in [0.2, 0.25) is 5.91 Å². The monoisotopic (exact) mass is 291 g/mol. The molecular weight excluding hydrogens is 266 g/mol. The summed E-state index contributed by atoms with van der Waals surface area (Å²) in [6, 6.07) is 6.99. The molecular formula is C16H25N3O2. The van der Waals surface area contributed by atoms with Crippen LogP contribution in [-0.2, 0) is 4.79 Å². The number of anilines is 1. The molecule has 0 saturated carbocycles. The maximum atomic E-state index is 12.0. The molecule has 0 aromatic heterocycles. The van der Waals surface area contributed by atoms with Crippen LogP contribution in [0.15, 0.2) is 24.3 Å². The van der Waals surface area contributed by atoms with Gasteiger partial charge in [0.1, 0.15) is 0 Å². The number of carbonyl (C=O) groups is 2. The van der Waals surface area contributed by atoms with Crippen LogP contribution in [0.2, 0.25) is 0 Å². The second-order valence-corrected chi connectivity index (χ2v) is 5.53. The smallest absolute Gasteiger partial charge is 0.251 e. The summed E-state index contributed by atoms with van der Waals surface area (Å²) < 4.78 is 0. The number of hydrogen-bond acceptors (Lipinski definition) is 3. The van der Waals surface area contributed by atoms with Gasteiger partial charge in [0.25, 0.3) is 5.91 Å². The summed E-state index contributed by atoms with van der Waals surface area (Å²) in [4.78, 5) is 23.8. The van der Waals surface area contributed by atoms with Crippen LogP contribution >= 0.6 is 0 Å². The molecule has 0 aliphatic heterocycles. The number of nitrogens with two attached hydrogens (primary N) is 1. The van der Waals surface area contributed by atoms with E-state index in [1.165, 1.54) is 0 Å². The van der Waals surface area contributed by atoms with Gasteiger partial charge in [-0.1, -0.05) is 6.92 Å². The normalized spacial score (nSPS) is 12.0. The van der Waals surface area contributed by atoms with Crippen LogP contribution in [0.3, 0.4) is 0 Å². The minimum Gasteiger partial charge on any atom is -0.350 e. The highest BCUT2D eigenvalue weighted by Crippen LogP contribution is 2.13. The fourth-order valence-corrected chi connectivity index (χ4v) is 1.87. The Hall–Kier alpha value is -1.88. The summed E-state index contributed by atoms with van der Waals surface area (Å²) >= 11 is 0. The Balaban J connectivity index is 2.58. The van der Waals surface area contributed by atoms with Gasteiger partial charge in [-0.25, -0.2) is 0 Å². The van der Waals surface area contributed by atoms with Gasteiger partial charge in [0.15, 0.2) is 0 Å².